The van der Waals surface area contributed by atoms with E-state index in [4.69, 9.17) is 16.3 Å². The second kappa shape index (κ2) is 4.59. The molecule has 5 nitrogen and oxygen atoms in total. The number of rotatable bonds is 1. The Balaban J connectivity index is 1.98. The van der Waals surface area contributed by atoms with Gasteiger partial charge >= 0.3 is 0 Å². The second-order valence-corrected chi connectivity index (χ2v) is 4.54. The molecule has 0 radical (unpaired) electrons. The highest BCUT2D eigenvalue weighted by molar-refractivity contribution is 6.56. The fourth-order valence-electron chi connectivity index (χ4n) is 2.05. The molecule has 0 bridgehead atoms. The fraction of sp³-hybridized carbons (Fsp3) is 0.333. The molecule has 1 amide bonds. The molecule has 0 saturated carbocycles. The zero-order valence-electron chi connectivity index (χ0n) is 9.65. The van der Waals surface area contributed by atoms with Gasteiger partial charge in [0.25, 0.3) is 5.91 Å². The number of hydrogen-bond donors (Lipinski definition) is 1. The summed E-state index contributed by atoms with van der Waals surface area (Å²) in [5.74, 6) is -0.204. The van der Waals surface area contributed by atoms with Crippen molar-refractivity contribution in [2.45, 2.75) is 0 Å². The lowest BCUT2D eigenvalue weighted by molar-refractivity contribution is -0.110. The summed E-state index contributed by atoms with van der Waals surface area (Å²) in [6, 6.07) is 5.38. The van der Waals surface area contributed by atoms with E-state index >= 15 is 0 Å². The van der Waals surface area contributed by atoms with E-state index in [0.29, 0.717) is 42.6 Å². The van der Waals surface area contributed by atoms with Gasteiger partial charge < -0.3 is 10.1 Å². The molecule has 0 aliphatic carbocycles. The van der Waals surface area contributed by atoms with Crippen molar-refractivity contribution in [1.29, 1.82) is 0 Å². The lowest BCUT2D eigenvalue weighted by Crippen LogP contribution is -2.34. The Hall–Kier alpha value is -1.59. The molecule has 94 valence electrons. The van der Waals surface area contributed by atoms with E-state index in [0.717, 1.165) is 5.69 Å². The summed E-state index contributed by atoms with van der Waals surface area (Å²) in [6.07, 6.45) is 0. The molecule has 1 aromatic carbocycles. The van der Waals surface area contributed by atoms with Gasteiger partial charge in [0, 0.05) is 5.56 Å². The van der Waals surface area contributed by atoms with Crippen LogP contribution in [-0.4, -0.2) is 42.9 Å². The fourth-order valence-corrected chi connectivity index (χ4v) is 2.32. The van der Waals surface area contributed by atoms with Crippen molar-refractivity contribution in [2.24, 2.45) is 5.10 Å². The number of carbonyl (C=O) groups excluding carboxylic acids is 1. The van der Waals surface area contributed by atoms with Crippen molar-refractivity contribution < 1.29 is 9.53 Å². The molecular weight excluding hydrogens is 254 g/mol. The van der Waals surface area contributed by atoms with Gasteiger partial charge in [-0.1, -0.05) is 17.7 Å². The van der Waals surface area contributed by atoms with Crippen LogP contribution in [0.5, 0.6) is 0 Å². The van der Waals surface area contributed by atoms with Gasteiger partial charge in [-0.2, -0.15) is 5.10 Å². The minimum Gasteiger partial charge on any atom is -0.378 e. The number of fused-ring (bicyclic) bond motifs is 1. The number of benzene rings is 1. The number of hydrogen-bond acceptors (Lipinski definition) is 4. The number of hydrazone groups is 1. The summed E-state index contributed by atoms with van der Waals surface area (Å²) in [5, 5.41) is 9.54. The van der Waals surface area contributed by atoms with Gasteiger partial charge in [0.2, 0.25) is 0 Å². The van der Waals surface area contributed by atoms with Crippen molar-refractivity contribution in [3.05, 3.63) is 28.8 Å². The lowest BCUT2D eigenvalue weighted by Gasteiger charge is -2.24. The molecule has 2 aliphatic rings. The van der Waals surface area contributed by atoms with Crippen LogP contribution in [0.4, 0.5) is 5.69 Å². The molecule has 1 N–H and O–H groups in total. The second-order valence-electron chi connectivity index (χ2n) is 4.13. The van der Waals surface area contributed by atoms with Crippen LogP contribution in [0.25, 0.3) is 0 Å². The van der Waals surface area contributed by atoms with Crippen LogP contribution >= 0.6 is 11.6 Å². The van der Waals surface area contributed by atoms with Gasteiger partial charge in [0.1, 0.15) is 0 Å². The third-order valence-electron chi connectivity index (χ3n) is 2.94. The Morgan fingerprint density at radius 2 is 2.11 bits per heavy atom. The largest absolute Gasteiger partial charge is 0.378 e. The zero-order valence-corrected chi connectivity index (χ0v) is 10.4. The average Bonchev–Trinajstić information content (AvgIpc) is 2.69. The van der Waals surface area contributed by atoms with Gasteiger partial charge in [-0.3, -0.25) is 9.80 Å². The molecule has 1 aromatic rings. The number of ether oxygens (including phenoxy) is 1. The summed E-state index contributed by atoms with van der Waals surface area (Å²) >= 11 is 6.13. The summed E-state index contributed by atoms with van der Waals surface area (Å²) in [5.41, 5.74) is 1.80. The first-order chi connectivity index (χ1) is 8.75. The van der Waals surface area contributed by atoms with E-state index in [2.05, 4.69) is 10.4 Å². The first kappa shape index (κ1) is 11.5. The molecule has 0 unspecified atom stereocenters. The summed E-state index contributed by atoms with van der Waals surface area (Å²) < 4.78 is 5.25. The van der Waals surface area contributed by atoms with Crippen LogP contribution in [-0.2, 0) is 9.53 Å². The minimum atomic E-state index is -0.204. The highest BCUT2D eigenvalue weighted by Gasteiger charge is 2.29. The van der Waals surface area contributed by atoms with Crippen molar-refractivity contribution in [3.63, 3.8) is 0 Å². The Kier molecular flexibility index (Phi) is 2.93. The number of halogens is 1. The number of anilines is 1. The molecule has 1 fully saturated rings. The van der Waals surface area contributed by atoms with Crippen LogP contribution in [0.15, 0.2) is 23.3 Å². The van der Waals surface area contributed by atoms with Crippen molar-refractivity contribution >= 4 is 28.9 Å². The highest BCUT2D eigenvalue weighted by Crippen LogP contribution is 2.30. The van der Waals surface area contributed by atoms with Crippen molar-refractivity contribution in [3.8, 4) is 0 Å². The molecule has 18 heavy (non-hydrogen) atoms. The van der Waals surface area contributed by atoms with Crippen LogP contribution in [0.1, 0.15) is 5.56 Å². The third kappa shape index (κ3) is 1.95. The quantitative estimate of drug-likeness (QED) is 0.833. The first-order valence-electron chi connectivity index (χ1n) is 5.77. The van der Waals surface area contributed by atoms with E-state index in [1.807, 2.05) is 11.1 Å². The maximum Gasteiger partial charge on any atom is 0.276 e. The molecule has 0 atom stereocenters. The molecule has 0 spiro atoms. The first-order valence-corrected chi connectivity index (χ1v) is 6.15. The van der Waals surface area contributed by atoms with E-state index in [1.165, 1.54) is 0 Å². The van der Waals surface area contributed by atoms with Gasteiger partial charge in [-0.15, -0.1) is 0 Å². The topological polar surface area (TPSA) is 53.9 Å². The van der Waals surface area contributed by atoms with Gasteiger partial charge in [-0.05, 0) is 12.1 Å². The summed E-state index contributed by atoms with van der Waals surface area (Å²) in [7, 11) is 0. The Morgan fingerprint density at radius 1 is 1.33 bits per heavy atom. The van der Waals surface area contributed by atoms with E-state index in [1.54, 1.807) is 12.1 Å². The molecule has 0 aromatic heterocycles. The Morgan fingerprint density at radius 3 is 2.89 bits per heavy atom. The van der Waals surface area contributed by atoms with E-state index in [-0.39, 0.29) is 5.91 Å². The third-order valence-corrected chi connectivity index (χ3v) is 3.26. The number of morpholine rings is 1. The van der Waals surface area contributed by atoms with E-state index in [9.17, 15) is 4.79 Å². The Labute approximate surface area is 109 Å². The van der Waals surface area contributed by atoms with Crippen molar-refractivity contribution in [1.82, 2.24) is 5.01 Å². The van der Waals surface area contributed by atoms with Gasteiger partial charge in [0.05, 0.1) is 37.0 Å². The van der Waals surface area contributed by atoms with Crippen LogP contribution < -0.4 is 5.32 Å². The van der Waals surface area contributed by atoms with E-state index < -0.39 is 0 Å². The van der Waals surface area contributed by atoms with Crippen LogP contribution in [0, 0.1) is 0 Å². The van der Waals surface area contributed by atoms with Crippen LogP contribution in [0.3, 0.4) is 0 Å². The molecule has 3 rings (SSSR count). The number of amides is 1. The normalized spacial score (nSPS) is 21.1. The number of carbonyl (C=O) groups is 1. The van der Waals surface area contributed by atoms with Crippen molar-refractivity contribution in [2.75, 3.05) is 31.6 Å². The standard InChI is InChI=1S/C12H12ClN3O2/c13-8-2-1-3-9-10(8)11(12(17)14-9)15-16-4-6-18-7-5-16/h1-3H,4-7H2,(H,14,15,17). The highest BCUT2D eigenvalue weighted by atomic mass is 35.5. The SMILES string of the molecule is O=C1Nc2cccc(Cl)c2/C1=N/N1CCOCC1. The number of nitrogens with zero attached hydrogens (tertiary/aromatic N) is 2. The molecular formula is C12H12ClN3O2. The molecule has 6 heteroatoms. The summed E-state index contributed by atoms with van der Waals surface area (Å²) in [4.78, 5) is 11.9. The predicted octanol–water partition coefficient (Wildman–Crippen LogP) is 1.33. The average molecular weight is 266 g/mol. The lowest BCUT2D eigenvalue weighted by atomic mass is 10.1. The van der Waals surface area contributed by atoms with Crippen LogP contribution in [0.2, 0.25) is 5.02 Å². The molecule has 1 saturated heterocycles. The maximum atomic E-state index is 11.9. The maximum absolute atomic E-state index is 11.9. The summed E-state index contributed by atoms with van der Waals surface area (Å²) in [6.45, 7) is 2.65. The van der Waals surface area contributed by atoms with Gasteiger partial charge in [0.15, 0.2) is 5.71 Å². The smallest absolute Gasteiger partial charge is 0.276 e. The minimum absolute atomic E-state index is 0.204. The molecule has 2 heterocycles. The number of nitrogens with one attached hydrogen (secondary N) is 1. The zero-order chi connectivity index (χ0) is 12.5. The van der Waals surface area contributed by atoms with Gasteiger partial charge in [-0.25, -0.2) is 0 Å². The Bertz CT molecular complexity index is 524. The predicted molar refractivity (Wildman–Crippen MR) is 69.0 cm³/mol. The monoisotopic (exact) mass is 265 g/mol. The molecule has 2 aliphatic heterocycles.